The van der Waals surface area contributed by atoms with Gasteiger partial charge < -0.3 is 5.11 Å². The van der Waals surface area contributed by atoms with E-state index in [2.05, 4.69) is 5.10 Å². The summed E-state index contributed by atoms with van der Waals surface area (Å²) in [6, 6.07) is -0.674. The molecule has 0 aliphatic heterocycles. The van der Waals surface area contributed by atoms with Crippen molar-refractivity contribution in [3.05, 3.63) is 17.5 Å². The quantitative estimate of drug-likeness (QED) is 0.748. The van der Waals surface area contributed by atoms with Crippen LogP contribution in [0.1, 0.15) is 48.3 Å². The molecule has 0 aliphatic rings. The molecule has 1 aromatic heterocycles. The number of aliphatic carboxylic acids is 1. The Morgan fingerprint density at radius 3 is 2.81 bits per heavy atom. The number of carboxylic acids is 1. The lowest BCUT2D eigenvalue weighted by atomic mass is 10.1. The van der Waals surface area contributed by atoms with Crippen molar-refractivity contribution in [3.63, 3.8) is 0 Å². The molecule has 0 saturated carbocycles. The number of aldehydes is 1. The van der Waals surface area contributed by atoms with Crippen LogP contribution in [0.4, 0.5) is 0 Å². The van der Waals surface area contributed by atoms with Gasteiger partial charge in [-0.15, -0.1) is 0 Å². The standard InChI is InChI=1S/C11H16N2O3/c1-3-4-5-10(11(15)16)13-6-9(7-14)8(2)12-13/h6-7,10H,3-5H2,1-2H3,(H,15,16). The molecule has 0 aromatic carbocycles. The summed E-state index contributed by atoms with van der Waals surface area (Å²) in [7, 11) is 0. The van der Waals surface area contributed by atoms with Gasteiger partial charge in [-0.3, -0.25) is 9.48 Å². The smallest absolute Gasteiger partial charge is 0.328 e. The summed E-state index contributed by atoms with van der Waals surface area (Å²) in [5.41, 5.74) is 1.01. The number of unbranched alkanes of at least 4 members (excludes halogenated alkanes) is 1. The van der Waals surface area contributed by atoms with Crippen LogP contribution in [0, 0.1) is 6.92 Å². The van der Waals surface area contributed by atoms with Crippen molar-refractivity contribution >= 4 is 12.3 Å². The molecule has 88 valence electrons. The Morgan fingerprint density at radius 2 is 2.38 bits per heavy atom. The maximum Gasteiger partial charge on any atom is 0.328 e. The van der Waals surface area contributed by atoms with Crippen molar-refractivity contribution in [2.45, 2.75) is 39.2 Å². The first-order valence-electron chi connectivity index (χ1n) is 5.33. The van der Waals surface area contributed by atoms with Gasteiger partial charge in [-0.1, -0.05) is 19.8 Å². The van der Waals surface area contributed by atoms with Gasteiger partial charge in [0.25, 0.3) is 0 Å². The van der Waals surface area contributed by atoms with Crippen LogP contribution in [0.15, 0.2) is 6.20 Å². The lowest BCUT2D eigenvalue weighted by Crippen LogP contribution is -2.19. The van der Waals surface area contributed by atoms with E-state index in [-0.39, 0.29) is 0 Å². The van der Waals surface area contributed by atoms with Crippen molar-refractivity contribution in [3.8, 4) is 0 Å². The van der Waals surface area contributed by atoms with Gasteiger partial charge in [0.1, 0.15) is 6.04 Å². The molecule has 0 spiro atoms. The molecular weight excluding hydrogens is 208 g/mol. The molecule has 5 nitrogen and oxygen atoms in total. The van der Waals surface area contributed by atoms with Gasteiger partial charge >= 0.3 is 5.97 Å². The fraction of sp³-hybridized carbons (Fsp3) is 0.545. The second-order valence-corrected chi connectivity index (χ2v) is 3.76. The van der Waals surface area contributed by atoms with Crippen LogP contribution in [0.3, 0.4) is 0 Å². The molecule has 0 aliphatic carbocycles. The van der Waals surface area contributed by atoms with Crippen LogP contribution in [0.2, 0.25) is 0 Å². The molecule has 1 N–H and O–H groups in total. The molecule has 0 bridgehead atoms. The summed E-state index contributed by atoms with van der Waals surface area (Å²) in [4.78, 5) is 21.7. The minimum Gasteiger partial charge on any atom is -0.480 e. The highest BCUT2D eigenvalue weighted by molar-refractivity contribution is 5.76. The first-order chi connectivity index (χ1) is 7.60. The van der Waals surface area contributed by atoms with Crippen LogP contribution >= 0.6 is 0 Å². The molecule has 0 amide bonds. The fourth-order valence-corrected chi connectivity index (χ4v) is 1.54. The molecule has 1 aromatic rings. The summed E-state index contributed by atoms with van der Waals surface area (Å²) in [6.07, 6.45) is 4.48. The molecule has 0 fully saturated rings. The van der Waals surface area contributed by atoms with Crippen molar-refractivity contribution in [1.29, 1.82) is 0 Å². The minimum atomic E-state index is -0.909. The number of carbonyl (C=O) groups excluding carboxylic acids is 1. The number of hydrogen-bond donors (Lipinski definition) is 1. The van der Waals surface area contributed by atoms with E-state index >= 15 is 0 Å². The van der Waals surface area contributed by atoms with Gasteiger partial charge in [0.15, 0.2) is 6.29 Å². The Morgan fingerprint density at radius 1 is 1.69 bits per heavy atom. The van der Waals surface area contributed by atoms with Crippen molar-refractivity contribution < 1.29 is 14.7 Å². The highest BCUT2D eigenvalue weighted by atomic mass is 16.4. The maximum absolute atomic E-state index is 11.1. The zero-order valence-electron chi connectivity index (χ0n) is 9.51. The topological polar surface area (TPSA) is 72.2 Å². The number of carboxylic acid groups (broad SMARTS) is 1. The first-order valence-corrected chi connectivity index (χ1v) is 5.33. The van der Waals surface area contributed by atoms with E-state index in [0.717, 1.165) is 12.8 Å². The monoisotopic (exact) mass is 224 g/mol. The molecule has 1 atom stereocenters. The average molecular weight is 224 g/mol. The predicted molar refractivity (Wildman–Crippen MR) is 58.5 cm³/mol. The summed E-state index contributed by atoms with van der Waals surface area (Å²) in [5.74, 6) is -0.909. The molecule has 0 radical (unpaired) electrons. The Balaban J connectivity index is 2.92. The third-order valence-electron chi connectivity index (χ3n) is 2.52. The number of nitrogens with zero attached hydrogens (tertiary/aromatic N) is 2. The van der Waals surface area contributed by atoms with Crippen LogP contribution in [0.5, 0.6) is 0 Å². The summed E-state index contributed by atoms with van der Waals surface area (Å²) < 4.78 is 1.37. The van der Waals surface area contributed by atoms with Gasteiger partial charge in [0.2, 0.25) is 0 Å². The van der Waals surface area contributed by atoms with E-state index in [1.807, 2.05) is 6.92 Å². The molecule has 1 rings (SSSR count). The van der Waals surface area contributed by atoms with Crippen molar-refractivity contribution in [1.82, 2.24) is 9.78 Å². The number of aryl methyl sites for hydroxylation is 1. The number of rotatable bonds is 6. The second-order valence-electron chi connectivity index (χ2n) is 3.76. The molecule has 0 saturated heterocycles. The Hall–Kier alpha value is -1.65. The highest BCUT2D eigenvalue weighted by Crippen LogP contribution is 2.16. The Labute approximate surface area is 94.1 Å². The van der Waals surface area contributed by atoms with E-state index in [4.69, 9.17) is 5.11 Å². The Kier molecular flexibility index (Phi) is 4.22. The van der Waals surface area contributed by atoms with E-state index in [0.29, 0.717) is 24.0 Å². The Bertz CT molecular complexity index is 385. The van der Waals surface area contributed by atoms with E-state index in [1.54, 1.807) is 6.92 Å². The van der Waals surface area contributed by atoms with Gasteiger partial charge in [0.05, 0.1) is 11.3 Å². The summed E-state index contributed by atoms with van der Waals surface area (Å²) in [6.45, 7) is 3.70. The normalized spacial score (nSPS) is 12.4. The van der Waals surface area contributed by atoms with Gasteiger partial charge in [0, 0.05) is 6.20 Å². The summed E-state index contributed by atoms with van der Waals surface area (Å²) in [5, 5.41) is 13.1. The van der Waals surface area contributed by atoms with Crippen molar-refractivity contribution in [2.75, 3.05) is 0 Å². The van der Waals surface area contributed by atoms with Gasteiger partial charge in [-0.05, 0) is 13.3 Å². The van der Waals surface area contributed by atoms with E-state index < -0.39 is 12.0 Å². The predicted octanol–water partition coefficient (Wildman–Crippen LogP) is 1.82. The van der Waals surface area contributed by atoms with Crippen LogP contribution in [-0.4, -0.2) is 27.1 Å². The van der Waals surface area contributed by atoms with Crippen LogP contribution < -0.4 is 0 Å². The number of carbonyl (C=O) groups is 2. The molecule has 1 heterocycles. The number of aromatic nitrogens is 2. The molecule has 1 unspecified atom stereocenters. The van der Waals surface area contributed by atoms with Gasteiger partial charge in [-0.2, -0.15) is 5.10 Å². The van der Waals surface area contributed by atoms with Crippen LogP contribution in [-0.2, 0) is 4.79 Å². The highest BCUT2D eigenvalue weighted by Gasteiger charge is 2.20. The first kappa shape index (κ1) is 12.4. The fourth-order valence-electron chi connectivity index (χ4n) is 1.54. The third-order valence-corrected chi connectivity index (χ3v) is 2.52. The lowest BCUT2D eigenvalue weighted by molar-refractivity contribution is -0.141. The third kappa shape index (κ3) is 2.68. The lowest BCUT2D eigenvalue weighted by Gasteiger charge is -2.11. The number of hydrogen-bond acceptors (Lipinski definition) is 3. The van der Waals surface area contributed by atoms with Gasteiger partial charge in [-0.25, -0.2) is 4.79 Å². The maximum atomic E-state index is 11.1. The zero-order valence-corrected chi connectivity index (χ0v) is 9.51. The zero-order chi connectivity index (χ0) is 12.1. The average Bonchev–Trinajstić information content (AvgIpc) is 2.59. The second kappa shape index (κ2) is 5.44. The summed E-state index contributed by atoms with van der Waals surface area (Å²) >= 11 is 0. The molecule has 5 heteroatoms. The largest absolute Gasteiger partial charge is 0.480 e. The SMILES string of the molecule is CCCCC(C(=O)O)n1cc(C=O)c(C)n1. The molecular formula is C11H16N2O3. The van der Waals surface area contributed by atoms with E-state index in [9.17, 15) is 9.59 Å². The minimum absolute atomic E-state index is 0.447. The van der Waals surface area contributed by atoms with Crippen molar-refractivity contribution in [2.24, 2.45) is 0 Å². The van der Waals surface area contributed by atoms with Crippen LogP contribution in [0.25, 0.3) is 0 Å². The van der Waals surface area contributed by atoms with E-state index in [1.165, 1.54) is 10.9 Å². The molecule has 16 heavy (non-hydrogen) atoms.